The lowest BCUT2D eigenvalue weighted by atomic mass is 9.97. The maximum absolute atomic E-state index is 13.9. The monoisotopic (exact) mass is 238 g/mol. The van der Waals surface area contributed by atoms with Gasteiger partial charge in [0, 0.05) is 19.2 Å². The first-order valence-corrected chi connectivity index (χ1v) is 6.03. The Morgan fingerprint density at radius 2 is 2.12 bits per heavy atom. The summed E-state index contributed by atoms with van der Waals surface area (Å²) in [4.78, 5) is 2.08. The van der Waals surface area contributed by atoms with Crippen LogP contribution in [0.3, 0.4) is 0 Å². The van der Waals surface area contributed by atoms with E-state index in [4.69, 9.17) is 10.5 Å². The molecule has 1 saturated heterocycles. The lowest BCUT2D eigenvalue weighted by Gasteiger charge is -2.33. The molecule has 0 spiro atoms. The van der Waals surface area contributed by atoms with Gasteiger partial charge in [-0.15, -0.1) is 0 Å². The molecule has 1 aromatic rings. The minimum atomic E-state index is -0.212. The Morgan fingerprint density at radius 1 is 1.41 bits per heavy atom. The fourth-order valence-electron chi connectivity index (χ4n) is 2.28. The zero-order valence-electron chi connectivity index (χ0n) is 10.2. The van der Waals surface area contributed by atoms with Gasteiger partial charge in [0.25, 0.3) is 0 Å². The van der Waals surface area contributed by atoms with Crippen LogP contribution in [-0.2, 0) is 0 Å². The third-order valence-electron chi connectivity index (χ3n) is 3.44. The van der Waals surface area contributed by atoms with Crippen LogP contribution in [0.25, 0.3) is 0 Å². The van der Waals surface area contributed by atoms with Crippen LogP contribution in [0.4, 0.5) is 10.1 Å². The summed E-state index contributed by atoms with van der Waals surface area (Å²) < 4.78 is 18.9. The van der Waals surface area contributed by atoms with E-state index in [-0.39, 0.29) is 5.82 Å². The van der Waals surface area contributed by atoms with E-state index in [1.807, 2.05) is 0 Å². The SMILES string of the molecule is COc1ccc(N2CCC(CN)CC2)c(F)c1. The third kappa shape index (κ3) is 2.69. The summed E-state index contributed by atoms with van der Waals surface area (Å²) in [5, 5.41) is 0. The highest BCUT2D eigenvalue weighted by atomic mass is 19.1. The number of halogens is 1. The number of methoxy groups -OCH3 is 1. The number of hydrogen-bond donors (Lipinski definition) is 1. The molecule has 1 fully saturated rings. The molecule has 4 heteroatoms. The molecular formula is C13H19FN2O. The molecule has 94 valence electrons. The Kier molecular flexibility index (Phi) is 3.84. The Hall–Kier alpha value is -1.29. The smallest absolute Gasteiger partial charge is 0.150 e. The predicted octanol–water partition coefficient (Wildman–Crippen LogP) is 2.01. The Bertz CT molecular complexity index is 376. The van der Waals surface area contributed by atoms with Gasteiger partial charge in [-0.05, 0) is 37.4 Å². The minimum Gasteiger partial charge on any atom is -0.497 e. The number of anilines is 1. The first-order valence-electron chi connectivity index (χ1n) is 6.03. The van der Waals surface area contributed by atoms with Crippen LogP contribution < -0.4 is 15.4 Å². The van der Waals surface area contributed by atoms with Crippen LogP contribution >= 0.6 is 0 Å². The number of piperidine rings is 1. The summed E-state index contributed by atoms with van der Waals surface area (Å²) in [6, 6.07) is 5.02. The van der Waals surface area contributed by atoms with Crippen molar-refractivity contribution in [3.05, 3.63) is 24.0 Å². The molecule has 1 aliphatic rings. The highest BCUT2D eigenvalue weighted by Crippen LogP contribution is 2.27. The quantitative estimate of drug-likeness (QED) is 0.875. The van der Waals surface area contributed by atoms with E-state index in [0.29, 0.717) is 17.4 Å². The second-order valence-electron chi connectivity index (χ2n) is 4.48. The van der Waals surface area contributed by atoms with Crippen molar-refractivity contribution in [3.8, 4) is 5.75 Å². The molecule has 17 heavy (non-hydrogen) atoms. The average Bonchev–Trinajstić information content (AvgIpc) is 2.39. The van der Waals surface area contributed by atoms with Crippen molar-refractivity contribution in [2.24, 2.45) is 11.7 Å². The molecule has 0 amide bonds. The van der Waals surface area contributed by atoms with Gasteiger partial charge >= 0.3 is 0 Å². The number of benzene rings is 1. The van der Waals surface area contributed by atoms with Gasteiger partial charge in [-0.3, -0.25) is 0 Å². The molecule has 0 unspecified atom stereocenters. The Balaban J connectivity index is 2.08. The van der Waals surface area contributed by atoms with Crippen molar-refractivity contribution < 1.29 is 9.13 Å². The lowest BCUT2D eigenvalue weighted by Crippen LogP contribution is -2.36. The van der Waals surface area contributed by atoms with E-state index in [1.54, 1.807) is 19.2 Å². The number of nitrogens with zero attached hydrogens (tertiary/aromatic N) is 1. The van der Waals surface area contributed by atoms with Crippen molar-refractivity contribution in [1.82, 2.24) is 0 Å². The summed E-state index contributed by atoms with van der Waals surface area (Å²) in [7, 11) is 1.54. The van der Waals surface area contributed by atoms with Crippen molar-refractivity contribution in [1.29, 1.82) is 0 Å². The Labute approximate surface area is 101 Å². The zero-order valence-corrected chi connectivity index (χ0v) is 10.2. The summed E-state index contributed by atoms with van der Waals surface area (Å²) in [6.45, 7) is 2.50. The first-order chi connectivity index (χ1) is 8.24. The van der Waals surface area contributed by atoms with E-state index < -0.39 is 0 Å². The standard InChI is InChI=1S/C13H19FN2O/c1-17-11-2-3-13(12(14)8-11)16-6-4-10(9-15)5-7-16/h2-3,8,10H,4-7,9,15H2,1H3. The average molecular weight is 238 g/mol. The Morgan fingerprint density at radius 3 is 2.65 bits per heavy atom. The number of rotatable bonds is 3. The summed E-state index contributed by atoms with van der Waals surface area (Å²) in [6.07, 6.45) is 2.09. The molecule has 1 heterocycles. The molecule has 3 nitrogen and oxygen atoms in total. The summed E-state index contributed by atoms with van der Waals surface area (Å²) in [5.74, 6) is 0.936. The topological polar surface area (TPSA) is 38.5 Å². The number of hydrogen-bond acceptors (Lipinski definition) is 3. The van der Waals surface area contributed by atoms with Crippen LogP contribution in [0.1, 0.15) is 12.8 Å². The predicted molar refractivity (Wildman–Crippen MR) is 66.9 cm³/mol. The van der Waals surface area contributed by atoms with Crippen LogP contribution in [-0.4, -0.2) is 26.7 Å². The van der Waals surface area contributed by atoms with Crippen LogP contribution in [0.2, 0.25) is 0 Å². The molecule has 2 N–H and O–H groups in total. The van der Waals surface area contributed by atoms with Crippen molar-refractivity contribution >= 4 is 5.69 Å². The summed E-state index contributed by atoms with van der Waals surface area (Å²) >= 11 is 0. The van der Waals surface area contributed by atoms with Gasteiger partial charge < -0.3 is 15.4 Å². The largest absolute Gasteiger partial charge is 0.497 e. The van der Waals surface area contributed by atoms with E-state index in [0.717, 1.165) is 32.5 Å². The highest BCUT2D eigenvalue weighted by Gasteiger charge is 2.20. The highest BCUT2D eigenvalue weighted by molar-refractivity contribution is 5.50. The van der Waals surface area contributed by atoms with Gasteiger partial charge in [0.1, 0.15) is 11.6 Å². The molecule has 0 radical (unpaired) electrons. The molecular weight excluding hydrogens is 219 g/mol. The minimum absolute atomic E-state index is 0.212. The van der Waals surface area contributed by atoms with Gasteiger partial charge in [0.05, 0.1) is 12.8 Å². The fraction of sp³-hybridized carbons (Fsp3) is 0.538. The van der Waals surface area contributed by atoms with Gasteiger partial charge in [-0.25, -0.2) is 4.39 Å². The first kappa shape index (κ1) is 12.2. The molecule has 2 rings (SSSR count). The van der Waals surface area contributed by atoms with Gasteiger partial charge in [0.2, 0.25) is 0 Å². The van der Waals surface area contributed by atoms with E-state index in [1.165, 1.54) is 6.07 Å². The second kappa shape index (κ2) is 5.36. The fourth-order valence-corrected chi connectivity index (χ4v) is 2.28. The third-order valence-corrected chi connectivity index (χ3v) is 3.44. The van der Waals surface area contributed by atoms with Crippen LogP contribution in [0.15, 0.2) is 18.2 Å². The molecule has 0 atom stereocenters. The number of ether oxygens (including phenoxy) is 1. The maximum Gasteiger partial charge on any atom is 0.150 e. The van der Waals surface area contributed by atoms with Crippen molar-refractivity contribution in [2.45, 2.75) is 12.8 Å². The van der Waals surface area contributed by atoms with E-state index >= 15 is 0 Å². The molecule has 1 aromatic carbocycles. The van der Waals surface area contributed by atoms with E-state index in [9.17, 15) is 4.39 Å². The van der Waals surface area contributed by atoms with Gasteiger partial charge in [-0.2, -0.15) is 0 Å². The maximum atomic E-state index is 13.9. The zero-order chi connectivity index (χ0) is 12.3. The van der Waals surface area contributed by atoms with Crippen LogP contribution in [0.5, 0.6) is 5.75 Å². The van der Waals surface area contributed by atoms with Crippen LogP contribution in [0, 0.1) is 11.7 Å². The van der Waals surface area contributed by atoms with Gasteiger partial charge in [-0.1, -0.05) is 0 Å². The molecule has 1 aliphatic heterocycles. The second-order valence-corrected chi connectivity index (χ2v) is 4.48. The molecule has 0 bridgehead atoms. The molecule has 0 saturated carbocycles. The normalized spacial score (nSPS) is 17.2. The van der Waals surface area contributed by atoms with Crippen molar-refractivity contribution in [3.63, 3.8) is 0 Å². The number of nitrogens with two attached hydrogens (primary N) is 1. The molecule has 0 aromatic heterocycles. The van der Waals surface area contributed by atoms with Gasteiger partial charge in [0.15, 0.2) is 0 Å². The lowest BCUT2D eigenvalue weighted by molar-refractivity contribution is 0.405. The molecule has 0 aliphatic carbocycles. The van der Waals surface area contributed by atoms with E-state index in [2.05, 4.69) is 4.90 Å². The van der Waals surface area contributed by atoms with Crippen molar-refractivity contribution in [2.75, 3.05) is 31.6 Å². The summed E-state index contributed by atoms with van der Waals surface area (Å²) in [5.41, 5.74) is 6.31.